The molecule has 25 heavy (non-hydrogen) atoms. The lowest BCUT2D eigenvalue weighted by Crippen LogP contribution is -2.25. The molecule has 2 N–H and O–H groups in total. The number of sulfonamides is 1. The lowest BCUT2D eigenvalue weighted by molar-refractivity contribution is -0.116. The maximum absolute atomic E-state index is 12.7. The van der Waals surface area contributed by atoms with Crippen molar-refractivity contribution in [3.8, 4) is 0 Å². The van der Waals surface area contributed by atoms with Crippen molar-refractivity contribution in [2.24, 2.45) is 5.14 Å². The van der Waals surface area contributed by atoms with E-state index < -0.39 is 10.0 Å². The van der Waals surface area contributed by atoms with E-state index in [2.05, 4.69) is 0 Å². The molecular formula is C17H15ClN2O4S. The molecule has 130 valence electrons. The molecule has 0 aromatic heterocycles. The molecule has 0 spiro atoms. The molecule has 8 heteroatoms. The number of amides is 1. The Bertz CT molecular complexity index is 1000. The molecule has 3 rings (SSSR count). The van der Waals surface area contributed by atoms with E-state index in [1.807, 2.05) is 0 Å². The van der Waals surface area contributed by atoms with Crippen LogP contribution in [-0.2, 0) is 21.2 Å². The standard InChI is InChI=1S/C17H15ClN2O4S/c1-10(21)20-7-6-11-8-12(3-5-15(11)20)17(22)13-2-4-14(18)16(9-13)25(19,23)24/h2-5,8-9H,6-7H2,1H3,(H2,19,23,24). The highest BCUT2D eigenvalue weighted by Crippen LogP contribution is 2.30. The second-order valence-electron chi connectivity index (χ2n) is 5.78. The van der Waals surface area contributed by atoms with Gasteiger partial charge in [0.15, 0.2) is 5.78 Å². The van der Waals surface area contributed by atoms with Gasteiger partial charge in [0.1, 0.15) is 4.90 Å². The highest BCUT2D eigenvalue weighted by molar-refractivity contribution is 7.89. The Hall–Kier alpha value is -2.22. The molecule has 0 fully saturated rings. The molecule has 1 heterocycles. The fraction of sp³-hybridized carbons (Fsp3) is 0.176. The second-order valence-corrected chi connectivity index (χ2v) is 7.72. The monoisotopic (exact) mass is 378 g/mol. The molecule has 0 unspecified atom stereocenters. The topological polar surface area (TPSA) is 97.5 Å². The predicted octanol–water partition coefficient (Wildman–Crippen LogP) is 2.13. The fourth-order valence-corrected chi connectivity index (χ4v) is 3.97. The molecular weight excluding hydrogens is 364 g/mol. The number of fused-ring (bicyclic) bond motifs is 1. The summed E-state index contributed by atoms with van der Waals surface area (Å²) in [5.74, 6) is -0.390. The molecule has 0 aliphatic carbocycles. The molecule has 0 saturated carbocycles. The first-order chi connectivity index (χ1) is 11.7. The number of nitrogens with two attached hydrogens (primary N) is 1. The minimum absolute atomic E-state index is 0.0369. The number of rotatable bonds is 3. The average Bonchev–Trinajstić information content (AvgIpc) is 2.96. The predicted molar refractivity (Wildman–Crippen MR) is 94.4 cm³/mol. The van der Waals surface area contributed by atoms with E-state index in [9.17, 15) is 18.0 Å². The number of benzene rings is 2. The van der Waals surface area contributed by atoms with E-state index in [0.29, 0.717) is 18.5 Å². The van der Waals surface area contributed by atoms with Crippen LogP contribution in [0.25, 0.3) is 0 Å². The first-order valence-electron chi connectivity index (χ1n) is 7.46. The van der Waals surface area contributed by atoms with E-state index >= 15 is 0 Å². The van der Waals surface area contributed by atoms with Crippen LogP contribution in [0, 0.1) is 0 Å². The SMILES string of the molecule is CC(=O)N1CCc2cc(C(=O)c3ccc(Cl)c(S(N)(=O)=O)c3)ccc21. The molecule has 1 aliphatic rings. The van der Waals surface area contributed by atoms with E-state index in [1.165, 1.54) is 25.1 Å². The molecule has 0 saturated heterocycles. The van der Waals surface area contributed by atoms with Gasteiger partial charge in [0, 0.05) is 30.3 Å². The van der Waals surface area contributed by atoms with Crippen LogP contribution in [0.3, 0.4) is 0 Å². The van der Waals surface area contributed by atoms with Crippen molar-refractivity contribution in [3.63, 3.8) is 0 Å². The van der Waals surface area contributed by atoms with Gasteiger partial charge in [-0.1, -0.05) is 11.6 Å². The van der Waals surface area contributed by atoms with E-state index in [0.717, 1.165) is 11.3 Å². The molecule has 1 amide bonds. The first-order valence-corrected chi connectivity index (χ1v) is 9.39. The molecule has 2 aromatic rings. The second kappa shape index (κ2) is 6.25. The zero-order valence-corrected chi connectivity index (χ0v) is 14.9. The van der Waals surface area contributed by atoms with Gasteiger partial charge in [0.05, 0.1) is 5.02 Å². The Labute approximate surface area is 150 Å². The quantitative estimate of drug-likeness (QED) is 0.827. The summed E-state index contributed by atoms with van der Waals surface area (Å²) in [5.41, 5.74) is 2.29. The fourth-order valence-electron chi connectivity index (χ4n) is 2.90. The van der Waals surface area contributed by atoms with Gasteiger partial charge in [-0.05, 0) is 48.4 Å². The third kappa shape index (κ3) is 3.30. The van der Waals surface area contributed by atoms with Gasteiger partial charge in [-0.15, -0.1) is 0 Å². The minimum Gasteiger partial charge on any atom is -0.312 e. The third-order valence-electron chi connectivity index (χ3n) is 4.12. The van der Waals surface area contributed by atoms with Crippen LogP contribution in [0.1, 0.15) is 28.4 Å². The Morgan fingerprint density at radius 3 is 2.40 bits per heavy atom. The van der Waals surface area contributed by atoms with Crippen LogP contribution in [-0.4, -0.2) is 26.7 Å². The van der Waals surface area contributed by atoms with E-state index in [4.69, 9.17) is 16.7 Å². The maximum Gasteiger partial charge on any atom is 0.239 e. The summed E-state index contributed by atoms with van der Waals surface area (Å²) < 4.78 is 23.1. The Morgan fingerprint density at radius 2 is 1.76 bits per heavy atom. The van der Waals surface area contributed by atoms with Crippen molar-refractivity contribution >= 4 is 39.0 Å². The van der Waals surface area contributed by atoms with Gasteiger partial charge in [-0.2, -0.15) is 0 Å². The summed E-state index contributed by atoms with van der Waals surface area (Å²) in [4.78, 5) is 25.7. The summed E-state index contributed by atoms with van der Waals surface area (Å²) in [6.07, 6.45) is 0.666. The van der Waals surface area contributed by atoms with Gasteiger partial charge >= 0.3 is 0 Å². The molecule has 2 aromatic carbocycles. The number of halogens is 1. The van der Waals surface area contributed by atoms with Gasteiger partial charge in [0.25, 0.3) is 0 Å². The maximum atomic E-state index is 12.7. The van der Waals surface area contributed by atoms with E-state index in [1.54, 1.807) is 23.1 Å². The number of anilines is 1. The van der Waals surface area contributed by atoms with Crippen LogP contribution in [0.15, 0.2) is 41.3 Å². The summed E-state index contributed by atoms with van der Waals surface area (Å²) in [5, 5.41) is 5.08. The molecule has 6 nitrogen and oxygen atoms in total. The molecule has 1 aliphatic heterocycles. The molecule has 0 bridgehead atoms. The summed E-state index contributed by atoms with van der Waals surface area (Å²) in [6, 6.07) is 9.04. The lowest BCUT2D eigenvalue weighted by Gasteiger charge is -2.14. The normalized spacial score (nSPS) is 13.6. The lowest BCUT2D eigenvalue weighted by atomic mass is 10.0. The summed E-state index contributed by atoms with van der Waals surface area (Å²) >= 11 is 5.85. The first kappa shape index (κ1) is 17.6. The highest BCUT2D eigenvalue weighted by atomic mass is 35.5. The van der Waals surface area contributed by atoms with E-state index in [-0.39, 0.29) is 27.2 Å². The Balaban J connectivity index is 1.99. The van der Waals surface area contributed by atoms with Gasteiger partial charge in [0.2, 0.25) is 15.9 Å². The summed E-state index contributed by atoms with van der Waals surface area (Å²) in [6.45, 7) is 2.08. The van der Waals surface area contributed by atoms with Crippen LogP contribution < -0.4 is 10.0 Å². The number of hydrogen-bond donors (Lipinski definition) is 1. The third-order valence-corrected chi connectivity index (χ3v) is 5.51. The molecule has 0 radical (unpaired) electrons. The number of carbonyl (C=O) groups is 2. The Morgan fingerprint density at radius 1 is 1.12 bits per heavy atom. The summed E-state index contributed by atoms with van der Waals surface area (Å²) in [7, 11) is -4.03. The van der Waals surface area contributed by atoms with Crippen molar-refractivity contribution in [1.29, 1.82) is 0 Å². The Kier molecular flexibility index (Phi) is 4.40. The van der Waals surface area contributed by atoms with Crippen LogP contribution in [0.5, 0.6) is 0 Å². The van der Waals surface area contributed by atoms with Gasteiger partial charge in [-0.3, -0.25) is 9.59 Å². The van der Waals surface area contributed by atoms with Crippen LogP contribution >= 0.6 is 11.6 Å². The molecule has 0 atom stereocenters. The van der Waals surface area contributed by atoms with Crippen molar-refractivity contribution in [1.82, 2.24) is 0 Å². The van der Waals surface area contributed by atoms with Crippen LogP contribution in [0.4, 0.5) is 5.69 Å². The highest BCUT2D eigenvalue weighted by Gasteiger charge is 2.24. The largest absolute Gasteiger partial charge is 0.312 e. The number of ketones is 1. The smallest absolute Gasteiger partial charge is 0.239 e. The number of primary sulfonamides is 1. The van der Waals surface area contributed by atoms with Gasteiger partial charge < -0.3 is 4.90 Å². The van der Waals surface area contributed by atoms with Crippen LogP contribution in [0.2, 0.25) is 5.02 Å². The van der Waals surface area contributed by atoms with Gasteiger partial charge in [-0.25, -0.2) is 13.6 Å². The average molecular weight is 379 g/mol. The number of nitrogens with zero attached hydrogens (tertiary/aromatic N) is 1. The van der Waals surface area contributed by atoms with Crippen molar-refractivity contribution < 1.29 is 18.0 Å². The van der Waals surface area contributed by atoms with Crippen molar-refractivity contribution in [3.05, 3.63) is 58.1 Å². The van der Waals surface area contributed by atoms with Crippen molar-refractivity contribution in [2.75, 3.05) is 11.4 Å². The zero-order chi connectivity index (χ0) is 18.4. The number of hydrogen-bond acceptors (Lipinski definition) is 4. The zero-order valence-electron chi connectivity index (χ0n) is 13.3. The number of carbonyl (C=O) groups excluding carboxylic acids is 2. The minimum atomic E-state index is -4.03. The van der Waals surface area contributed by atoms with Crippen molar-refractivity contribution in [2.45, 2.75) is 18.2 Å².